The molecule has 1 unspecified atom stereocenters. The van der Waals surface area contributed by atoms with Crippen LogP contribution in [-0.4, -0.2) is 46.8 Å². The van der Waals surface area contributed by atoms with E-state index in [1.54, 1.807) is 30.0 Å². The average Bonchev–Trinajstić information content (AvgIpc) is 3.53. The minimum atomic E-state index is -0.617. The molecule has 1 saturated heterocycles. The van der Waals surface area contributed by atoms with Crippen molar-refractivity contribution in [1.29, 1.82) is 0 Å². The molecule has 0 bridgehead atoms. The lowest BCUT2D eigenvalue weighted by Gasteiger charge is -2.37. The Kier molecular flexibility index (Phi) is 4.68. The Balaban J connectivity index is 1.42. The molecule has 4 rings (SSSR count). The van der Waals surface area contributed by atoms with E-state index in [1.807, 2.05) is 0 Å². The van der Waals surface area contributed by atoms with Crippen molar-refractivity contribution in [3.05, 3.63) is 58.3 Å². The number of amides is 1. The predicted molar refractivity (Wildman–Crippen MR) is 100 cm³/mol. The molecule has 1 atom stereocenters. The van der Waals surface area contributed by atoms with Gasteiger partial charge in [-0.15, -0.1) is 0 Å². The van der Waals surface area contributed by atoms with E-state index in [-0.39, 0.29) is 17.3 Å². The second kappa shape index (κ2) is 7.13. The Morgan fingerprint density at radius 2 is 1.74 bits per heavy atom. The van der Waals surface area contributed by atoms with Gasteiger partial charge in [0, 0.05) is 43.9 Å². The summed E-state index contributed by atoms with van der Waals surface area (Å²) in [4.78, 5) is 29.0. The van der Waals surface area contributed by atoms with Gasteiger partial charge in [0.25, 0.3) is 5.56 Å². The van der Waals surface area contributed by atoms with Gasteiger partial charge in [-0.3, -0.25) is 9.59 Å². The number of carbonyl (C=O) groups excluding carboxylic acids is 1. The smallest absolute Gasteiger partial charge is 0.267 e. The lowest BCUT2D eigenvalue weighted by Crippen LogP contribution is -2.51. The van der Waals surface area contributed by atoms with Gasteiger partial charge >= 0.3 is 0 Å². The molecule has 1 saturated carbocycles. The molecule has 7 heteroatoms. The molecular weight excluding hydrogens is 347 g/mol. The maximum Gasteiger partial charge on any atom is 0.267 e. The number of piperazine rings is 1. The van der Waals surface area contributed by atoms with Crippen LogP contribution < -0.4 is 10.5 Å². The van der Waals surface area contributed by atoms with Gasteiger partial charge in [-0.05, 0) is 50.1 Å². The van der Waals surface area contributed by atoms with Crippen molar-refractivity contribution in [2.45, 2.75) is 31.7 Å². The van der Waals surface area contributed by atoms with Crippen LogP contribution in [0.5, 0.6) is 0 Å². The number of halogens is 1. The van der Waals surface area contributed by atoms with Crippen LogP contribution in [0.2, 0.25) is 0 Å². The van der Waals surface area contributed by atoms with Crippen molar-refractivity contribution in [3.8, 4) is 0 Å². The Labute approximate surface area is 157 Å². The predicted octanol–water partition coefficient (Wildman–Crippen LogP) is 2.17. The molecular formula is C20H23FN4O2. The molecule has 1 aromatic heterocycles. The normalized spacial score (nSPS) is 18.4. The molecule has 1 aromatic carbocycles. The highest BCUT2D eigenvalue weighted by Crippen LogP contribution is 2.38. The van der Waals surface area contributed by atoms with E-state index < -0.39 is 6.04 Å². The van der Waals surface area contributed by atoms with Gasteiger partial charge < -0.3 is 9.80 Å². The van der Waals surface area contributed by atoms with Crippen LogP contribution in [0.4, 0.5) is 10.1 Å². The first kappa shape index (κ1) is 17.7. The molecule has 2 fully saturated rings. The quantitative estimate of drug-likeness (QED) is 0.828. The standard InChI is InChI=1S/C20H23FN4O2/c1-14(25-19(26)9-8-18(22-25)15-2-3-15)20(27)24-12-10-23(11-13-24)17-6-4-16(21)5-7-17/h4-9,14-15H,2-3,10-13H2,1H3. The zero-order valence-electron chi connectivity index (χ0n) is 15.3. The maximum atomic E-state index is 13.1. The van der Waals surface area contributed by atoms with Crippen molar-refractivity contribution in [2.24, 2.45) is 0 Å². The van der Waals surface area contributed by atoms with Gasteiger partial charge in [-0.1, -0.05) is 0 Å². The maximum absolute atomic E-state index is 13.1. The molecule has 27 heavy (non-hydrogen) atoms. The minimum absolute atomic E-state index is 0.0868. The number of hydrogen-bond acceptors (Lipinski definition) is 4. The molecule has 6 nitrogen and oxygen atoms in total. The van der Waals surface area contributed by atoms with Gasteiger partial charge in [-0.25, -0.2) is 9.07 Å². The fourth-order valence-corrected chi connectivity index (χ4v) is 3.52. The molecule has 0 N–H and O–H groups in total. The second-order valence-electron chi connectivity index (χ2n) is 7.28. The van der Waals surface area contributed by atoms with E-state index in [1.165, 1.54) is 22.9 Å². The molecule has 0 spiro atoms. The third-order valence-corrected chi connectivity index (χ3v) is 5.35. The molecule has 2 aromatic rings. The molecule has 2 aliphatic rings. The summed E-state index contributed by atoms with van der Waals surface area (Å²) in [5.74, 6) is 0.0856. The first-order chi connectivity index (χ1) is 13.0. The highest BCUT2D eigenvalue weighted by Gasteiger charge is 2.29. The second-order valence-corrected chi connectivity index (χ2v) is 7.28. The van der Waals surface area contributed by atoms with Crippen molar-refractivity contribution in [2.75, 3.05) is 31.1 Å². The molecule has 1 amide bonds. The number of rotatable bonds is 4. The fraction of sp³-hybridized carbons (Fsp3) is 0.450. The van der Waals surface area contributed by atoms with Crippen LogP contribution >= 0.6 is 0 Å². The minimum Gasteiger partial charge on any atom is -0.368 e. The largest absolute Gasteiger partial charge is 0.368 e. The molecule has 1 aliphatic carbocycles. The Hall–Kier alpha value is -2.70. The summed E-state index contributed by atoms with van der Waals surface area (Å²) in [5, 5.41) is 4.43. The number of aromatic nitrogens is 2. The first-order valence-electron chi connectivity index (χ1n) is 9.42. The van der Waals surface area contributed by atoms with Crippen LogP contribution in [0.3, 0.4) is 0 Å². The van der Waals surface area contributed by atoms with E-state index in [2.05, 4.69) is 10.00 Å². The third kappa shape index (κ3) is 3.72. The van der Waals surface area contributed by atoms with Gasteiger partial charge in [0.15, 0.2) is 0 Å². The van der Waals surface area contributed by atoms with Crippen LogP contribution in [0.15, 0.2) is 41.2 Å². The van der Waals surface area contributed by atoms with E-state index in [4.69, 9.17) is 0 Å². The zero-order chi connectivity index (χ0) is 19.0. The number of nitrogens with zero attached hydrogens (tertiary/aromatic N) is 4. The number of anilines is 1. The zero-order valence-corrected chi connectivity index (χ0v) is 15.3. The molecule has 0 radical (unpaired) electrons. The van der Waals surface area contributed by atoms with Crippen LogP contribution in [-0.2, 0) is 4.79 Å². The number of benzene rings is 1. The van der Waals surface area contributed by atoms with E-state index in [0.717, 1.165) is 24.2 Å². The molecule has 2 heterocycles. The highest BCUT2D eigenvalue weighted by molar-refractivity contribution is 5.80. The monoisotopic (exact) mass is 370 g/mol. The fourth-order valence-electron chi connectivity index (χ4n) is 3.52. The summed E-state index contributed by atoms with van der Waals surface area (Å²) >= 11 is 0. The molecule has 1 aliphatic heterocycles. The lowest BCUT2D eigenvalue weighted by molar-refractivity contribution is -0.135. The SMILES string of the molecule is CC(C(=O)N1CCN(c2ccc(F)cc2)CC1)n1nc(C2CC2)ccc1=O. The van der Waals surface area contributed by atoms with E-state index in [0.29, 0.717) is 32.1 Å². The van der Waals surface area contributed by atoms with Crippen molar-refractivity contribution < 1.29 is 9.18 Å². The third-order valence-electron chi connectivity index (χ3n) is 5.35. The summed E-state index contributed by atoms with van der Waals surface area (Å²) in [6, 6.07) is 9.06. The van der Waals surface area contributed by atoms with Gasteiger partial charge in [0.1, 0.15) is 11.9 Å². The van der Waals surface area contributed by atoms with Crippen LogP contribution in [0.25, 0.3) is 0 Å². The summed E-state index contributed by atoms with van der Waals surface area (Å²) in [7, 11) is 0. The van der Waals surface area contributed by atoms with Crippen molar-refractivity contribution in [1.82, 2.24) is 14.7 Å². The number of hydrogen-bond donors (Lipinski definition) is 0. The summed E-state index contributed by atoms with van der Waals surface area (Å²) in [6.07, 6.45) is 2.19. The average molecular weight is 370 g/mol. The van der Waals surface area contributed by atoms with Gasteiger partial charge in [-0.2, -0.15) is 5.10 Å². The summed E-state index contributed by atoms with van der Waals surface area (Å²) in [6.45, 7) is 4.22. The Morgan fingerprint density at radius 1 is 1.07 bits per heavy atom. The van der Waals surface area contributed by atoms with Crippen molar-refractivity contribution in [3.63, 3.8) is 0 Å². The first-order valence-corrected chi connectivity index (χ1v) is 9.42. The topological polar surface area (TPSA) is 58.4 Å². The van der Waals surface area contributed by atoms with E-state index in [9.17, 15) is 14.0 Å². The summed E-state index contributed by atoms with van der Waals surface area (Å²) in [5.41, 5.74) is 1.60. The summed E-state index contributed by atoms with van der Waals surface area (Å²) < 4.78 is 14.4. The Bertz CT molecular complexity index is 884. The molecule has 142 valence electrons. The van der Waals surface area contributed by atoms with Gasteiger partial charge in [0.05, 0.1) is 5.69 Å². The van der Waals surface area contributed by atoms with Crippen molar-refractivity contribution >= 4 is 11.6 Å². The van der Waals surface area contributed by atoms with Crippen LogP contribution in [0.1, 0.15) is 37.4 Å². The lowest BCUT2D eigenvalue weighted by atomic mass is 10.2. The van der Waals surface area contributed by atoms with Crippen LogP contribution in [0, 0.1) is 5.82 Å². The number of carbonyl (C=O) groups is 1. The highest BCUT2D eigenvalue weighted by atomic mass is 19.1. The van der Waals surface area contributed by atoms with E-state index >= 15 is 0 Å². The Morgan fingerprint density at radius 3 is 2.37 bits per heavy atom. The van der Waals surface area contributed by atoms with Gasteiger partial charge in [0.2, 0.25) is 5.91 Å².